The van der Waals surface area contributed by atoms with Crippen LogP contribution in [0.4, 0.5) is 5.82 Å². The molecule has 7 heteroatoms. The van der Waals surface area contributed by atoms with Gasteiger partial charge >= 0.3 is 0 Å². The Morgan fingerprint density at radius 2 is 1.97 bits per heavy atom. The molecule has 1 saturated carbocycles. The molecular weight excluding hydrogens is 362 g/mol. The van der Waals surface area contributed by atoms with Crippen molar-refractivity contribution < 1.29 is 0 Å². The molecule has 0 aromatic carbocycles. The van der Waals surface area contributed by atoms with Gasteiger partial charge in [0, 0.05) is 36.8 Å². The van der Waals surface area contributed by atoms with Crippen molar-refractivity contribution >= 4 is 16.9 Å². The first kappa shape index (κ1) is 17.7. The van der Waals surface area contributed by atoms with Crippen molar-refractivity contribution in [1.82, 2.24) is 30.6 Å². The number of nitrogens with zero attached hydrogens (tertiary/aromatic N) is 4. The number of aryl methyl sites for hydroxylation is 1. The summed E-state index contributed by atoms with van der Waals surface area (Å²) in [6.45, 7) is 0. The van der Waals surface area contributed by atoms with Gasteiger partial charge in [0.05, 0.1) is 17.2 Å². The lowest BCUT2D eigenvalue weighted by Crippen LogP contribution is -2.34. The summed E-state index contributed by atoms with van der Waals surface area (Å²) in [5.41, 5.74) is 11.5. The minimum Gasteiger partial charge on any atom is -0.325 e. The second kappa shape index (κ2) is 7.58. The fourth-order valence-corrected chi connectivity index (χ4v) is 4.12. The molecule has 0 amide bonds. The van der Waals surface area contributed by atoms with Gasteiger partial charge in [-0.1, -0.05) is 19.3 Å². The number of allylic oxidation sites excluding steroid dienone is 2. The van der Waals surface area contributed by atoms with Gasteiger partial charge < -0.3 is 10.7 Å². The molecule has 1 fully saturated rings. The van der Waals surface area contributed by atoms with E-state index in [1.807, 2.05) is 37.8 Å². The SMILES string of the molecule is Cn1cc(-c2cnc3ccc(NC4=CC(C5CCCCC5)=CNN4)nc3c2)cn1. The first-order chi connectivity index (χ1) is 14.2. The second-order valence-electron chi connectivity index (χ2n) is 7.79. The lowest BCUT2D eigenvalue weighted by atomic mass is 9.84. The van der Waals surface area contributed by atoms with Crippen molar-refractivity contribution in [2.75, 3.05) is 5.32 Å². The van der Waals surface area contributed by atoms with Gasteiger partial charge in [0.15, 0.2) is 0 Å². The van der Waals surface area contributed by atoms with Crippen LogP contribution in [0.25, 0.3) is 22.2 Å². The third-order valence-corrected chi connectivity index (χ3v) is 5.67. The van der Waals surface area contributed by atoms with E-state index in [9.17, 15) is 0 Å². The smallest absolute Gasteiger partial charge is 0.132 e. The Labute approximate surface area is 169 Å². The molecule has 0 radical (unpaired) electrons. The van der Waals surface area contributed by atoms with E-state index in [0.717, 1.165) is 33.8 Å². The number of rotatable bonds is 4. The Balaban J connectivity index is 1.38. The molecule has 148 valence electrons. The first-order valence-corrected chi connectivity index (χ1v) is 10.2. The van der Waals surface area contributed by atoms with Crippen molar-refractivity contribution in [3.63, 3.8) is 0 Å². The van der Waals surface area contributed by atoms with E-state index in [4.69, 9.17) is 4.98 Å². The Morgan fingerprint density at radius 3 is 2.79 bits per heavy atom. The van der Waals surface area contributed by atoms with Crippen molar-refractivity contribution in [2.24, 2.45) is 13.0 Å². The Bertz CT molecular complexity index is 1090. The Kier molecular flexibility index (Phi) is 4.63. The number of anilines is 1. The number of hydrogen-bond acceptors (Lipinski definition) is 6. The third-order valence-electron chi connectivity index (χ3n) is 5.67. The topological polar surface area (TPSA) is 79.7 Å². The van der Waals surface area contributed by atoms with E-state index < -0.39 is 0 Å². The zero-order chi connectivity index (χ0) is 19.6. The maximum Gasteiger partial charge on any atom is 0.132 e. The van der Waals surface area contributed by atoms with E-state index in [0.29, 0.717) is 5.92 Å². The van der Waals surface area contributed by atoms with Gasteiger partial charge in [-0.3, -0.25) is 15.1 Å². The summed E-state index contributed by atoms with van der Waals surface area (Å²) in [4.78, 5) is 9.32. The fourth-order valence-electron chi connectivity index (χ4n) is 4.12. The molecular formula is C22H25N7. The van der Waals surface area contributed by atoms with Crippen molar-refractivity contribution in [1.29, 1.82) is 0 Å². The van der Waals surface area contributed by atoms with Crippen LogP contribution in [0, 0.1) is 5.92 Å². The van der Waals surface area contributed by atoms with Crippen LogP contribution in [0.3, 0.4) is 0 Å². The highest BCUT2D eigenvalue weighted by Gasteiger charge is 2.19. The van der Waals surface area contributed by atoms with E-state index in [1.54, 1.807) is 4.68 Å². The number of hydrazine groups is 1. The van der Waals surface area contributed by atoms with Crippen LogP contribution in [-0.4, -0.2) is 19.7 Å². The first-order valence-electron chi connectivity index (χ1n) is 10.2. The van der Waals surface area contributed by atoms with E-state index in [1.165, 1.54) is 37.7 Å². The predicted molar refractivity (Wildman–Crippen MR) is 114 cm³/mol. The van der Waals surface area contributed by atoms with Crippen LogP contribution in [0.15, 0.2) is 60.5 Å². The minimum absolute atomic E-state index is 0.644. The predicted octanol–water partition coefficient (Wildman–Crippen LogP) is 3.86. The maximum atomic E-state index is 4.77. The molecule has 0 saturated heterocycles. The lowest BCUT2D eigenvalue weighted by molar-refractivity contribution is 0.404. The molecule has 5 rings (SSSR count). The Morgan fingerprint density at radius 1 is 1.07 bits per heavy atom. The molecule has 3 aromatic heterocycles. The molecule has 4 heterocycles. The molecule has 0 unspecified atom stereocenters. The molecule has 3 N–H and O–H groups in total. The second-order valence-corrected chi connectivity index (χ2v) is 7.79. The van der Waals surface area contributed by atoms with Gasteiger partial charge in [-0.2, -0.15) is 5.10 Å². The van der Waals surface area contributed by atoms with Crippen LogP contribution < -0.4 is 16.2 Å². The summed E-state index contributed by atoms with van der Waals surface area (Å²) in [5.74, 6) is 2.34. The van der Waals surface area contributed by atoms with Crippen LogP contribution in [0.2, 0.25) is 0 Å². The van der Waals surface area contributed by atoms with E-state index in [2.05, 4.69) is 44.6 Å². The van der Waals surface area contributed by atoms with Gasteiger partial charge in [-0.15, -0.1) is 0 Å². The molecule has 3 aromatic rings. The van der Waals surface area contributed by atoms with Crippen LogP contribution in [0.1, 0.15) is 32.1 Å². The highest BCUT2D eigenvalue weighted by atomic mass is 15.4. The van der Waals surface area contributed by atoms with Gasteiger partial charge in [0.2, 0.25) is 0 Å². The number of pyridine rings is 2. The summed E-state index contributed by atoms with van der Waals surface area (Å²) in [7, 11) is 1.91. The summed E-state index contributed by atoms with van der Waals surface area (Å²) < 4.78 is 1.79. The van der Waals surface area contributed by atoms with E-state index >= 15 is 0 Å². The Hall–Kier alpha value is -3.35. The van der Waals surface area contributed by atoms with Crippen molar-refractivity contribution in [3.05, 3.63) is 60.5 Å². The van der Waals surface area contributed by atoms with Gasteiger partial charge in [0.1, 0.15) is 11.6 Å². The highest BCUT2D eigenvalue weighted by Crippen LogP contribution is 2.31. The molecule has 0 bridgehead atoms. The molecule has 1 aliphatic carbocycles. The summed E-state index contributed by atoms with van der Waals surface area (Å²) in [5, 5.41) is 7.64. The molecule has 2 aliphatic rings. The maximum absolute atomic E-state index is 4.77. The monoisotopic (exact) mass is 387 g/mol. The molecule has 7 nitrogen and oxygen atoms in total. The number of nitrogens with one attached hydrogen (secondary N) is 3. The normalized spacial score (nSPS) is 17.3. The van der Waals surface area contributed by atoms with Gasteiger partial charge in [-0.25, -0.2) is 4.98 Å². The van der Waals surface area contributed by atoms with Crippen LogP contribution in [0.5, 0.6) is 0 Å². The average molecular weight is 387 g/mol. The minimum atomic E-state index is 0.644. The number of fused-ring (bicyclic) bond motifs is 1. The zero-order valence-corrected chi connectivity index (χ0v) is 16.5. The standard InChI is InChI=1S/C22H25N7/c1-29-14-18(13-25-29)16-9-20-19(23-11-16)7-8-21(26-20)27-22-10-17(12-24-28-22)15-5-3-2-4-6-15/h7-15,24,28H,2-6H2,1H3,(H,26,27). The largest absolute Gasteiger partial charge is 0.325 e. The zero-order valence-electron chi connectivity index (χ0n) is 16.5. The number of aromatic nitrogens is 4. The molecule has 0 atom stereocenters. The highest BCUT2D eigenvalue weighted by molar-refractivity contribution is 5.81. The third kappa shape index (κ3) is 3.81. The van der Waals surface area contributed by atoms with E-state index in [-0.39, 0.29) is 0 Å². The average Bonchev–Trinajstić information content (AvgIpc) is 3.20. The fraction of sp³-hybridized carbons (Fsp3) is 0.318. The summed E-state index contributed by atoms with van der Waals surface area (Å²) in [6, 6.07) is 6.01. The van der Waals surface area contributed by atoms with Crippen molar-refractivity contribution in [3.8, 4) is 11.1 Å². The van der Waals surface area contributed by atoms with Crippen LogP contribution >= 0.6 is 0 Å². The van der Waals surface area contributed by atoms with Gasteiger partial charge in [0.25, 0.3) is 0 Å². The summed E-state index contributed by atoms with van der Waals surface area (Å²) in [6.07, 6.45) is 16.5. The van der Waals surface area contributed by atoms with Crippen LogP contribution in [-0.2, 0) is 7.05 Å². The molecule has 29 heavy (non-hydrogen) atoms. The number of hydrogen-bond donors (Lipinski definition) is 3. The van der Waals surface area contributed by atoms with Crippen molar-refractivity contribution in [2.45, 2.75) is 32.1 Å². The van der Waals surface area contributed by atoms with Gasteiger partial charge in [-0.05, 0) is 48.6 Å². The quantitative estimate of drug-likeness (QED) is 0.631. The molecule has 0 spiro atoms. The lowest BCUT2D eigenvalue weighted by Gasteiger charge is -2.26. The summed E-state index contributed by atoms with van der Waals surface area (Å²) >= 11 is 0. The molecule has 1 aliphatic heterocycles.